The standard InChI is InChI=1S/C6H12N2O3/c1-2-5(10)8(7)6(11)3-4-9/h9H,2-4,7H2,1H3. The van der Waals surface area contributed by atoms with Crippen LogP contribution in [0.25, 0.3) is 0 Å². The highest BCUT2D eigenvalue weighted by atomic mass is 16.3. The van der Waals surface area contributed by atoms with Crippen LogP contribution in [0.3, 0.4) is 0 Å². The fourth-order valence-electron chi connectivity index (χ4n) is 0.526. The minimum atomic E-state index is -0.556. The maximum Gasteiger partial charge on any atom is 0.245 e. The quantitative estimate of drug-likeness (QED) is 0.315. The lowest BCUT2D eigenvalue weighted by atomic mass is 10.4. The second kappa shape index (κ2) is 4.81. The number of hydrazine groups is 1. The van der Waals surface area contributed by atoms with Crippen molar-refractivity contribution in [2.24, 2.45) is 5.84 Å². The van der Waals surface area contributed by atoms with Crippen LogP contribution in [-0.4, -0.2) is 28.5 Å². The summed E-state index contributed by atoms with van der Waals surface area (Å²) in [4.78, 5) is 21.5. The molecule has 0 rings (SSSR count). The van der Waals surface area contributed by atoms with Crippen LogP contribution in [0.15, 0.2) is 0 Å². The Labute approximate surface area is 64.8 Å². The molecule has 0 fully saturated rings. The molecule has 5 heteroatoms. The van der Waals surface area contributed by atoms with E-state index in [9.17, 15) is 9.59 Å². The van der Waals surface area contributed by atoms with E-state index in [0.717, 1.165) is 0 Å². The van der Waals surface area contributed by atoms with Gasteiger partial charge in [-0.05, 0) is 0 Å². The van der Waals surface area contributed by atoms with Gasteiger partial charge in [-0.2, -0.15) is 0 Å². The molecule has 3 N–H and O–H groups in total. The molecular weight excluding hydrogens is 148 g/mol. The van der Waals surface area contributed by atoms with Gasteiger partial charge in [0.2, 0.25) is 11.8 Å². The van der Waals surface area contributed by atoms with E-state index >= 15 is 0 Å². The smallest absolute Gasteiger partial charge is 0.245 e. The van der Waals surface area contributed by atoms with Gasteiger partial charge in [0.1, 0.15) is 0 Å². The molecule has 11 heavy (non-hydrogen) atoms. The van der Waals surface area contributed by atoms with Crippen LogP contribution >= 0.6 is 0 Å². The normalized spacial score (nSPS) is 9.36. The molecule has 0 aliphatic heterocycles. The summed E-state index contributed by atoms with van der Waals surface area (Å²) in [6.45, 7) is 1.32. The molecule has 0 saturated heterocycles. The fourth-order valence-corrected chi connectivity index (χ4v) is 0.526. The number of amides is 2. The monoisotopic (exact) mass is 160 g/mol. The van der Waals surface area contributed by atoms with E-state index in [1.807, 2.05) is 0 Å². The number of nitrogens with two attached hydrogens (primary N) is 1. The average molecular weight is 160 g/mol. The molecule has 0 spiro atoms. The number of aliphatic hydroxyl groups excluding tert-OH is 1. The SMILES string of the molecule is CCC(=O)N(N)C(=O)CCO. The van der Waals surface area contributed by atoms with E-state index < -0.39 is 11.8 Å². The van der Waals surface area contributed by atoms with Crippen LogP contribution in [0, 0.1) is 0 Å². The number of nitrogens with zero attached hydrogens (tertiary/aromatic N) is 1. The first-order valence-corrected chi connectivity index (χ1v) is 3.34. The maximum atomic E-state index is 10.8. The zero-order valence-corrected chi connectivity index (χ0v) is 6.41. The zero-order chi connectivity index (χ0) is 8.85. The third kappa shape index (κ3) is 3.10. The molecule has 0 radical (unpaired) electrons. The molecule has 0 aromatic carbocycles. The van der Waals surface area contributed by atoms with Crippen molar-refractivity contribution in [1.29, 1.82) is 0 Å². The van der Waals surface area contributed by atoms with Crippen LogP contribution in [-0.2, 0) is 9.59 Å². The van der Waals surface area contributed by atoms with E-state index in [2.05, 4.69) is 0 Å². The van der Waals surface area contributed by atoms with E-state index in [0.29, 0.717) is 5.01 Å². The van der Waals surface area contributed by atoms with E-state index in [1.165, 1.54) is 0 Å². The largest absolute Gasteiger partial charge is 0.396 e. The molecule has 0 unspecified atom stereocenters. The van der Waals surface area contributed by atoms with Crippen molar-refractivity contribution in [3.05, 3.63) is 0 Å². The molecule has 0 aromatic rings. The Balaban J connectivity index is 3.91. The first-order chi connectivity index (χ1) is 5.13. The van der Waals surface area contributed by atoms with E-state index in [-0.39, 0.29) is 19.4 Å². The Bertz CT molecular complexity index is 158. The van der Waals surface area contributed by atoms with Gasteiger partial charge in [-0.3, -0.25) is 9.59 Å². The van der Waals surface area contributed by atoms with Gasteiger partial charge in [-0.15, -0.1) is 0 Å². The highest BCUT2D eigenvalue weighted by molar-refractivity contribution is 5.94. The topological polar surface area (TPSA) is 83.6 Å². The highest BCUT2D eigenvalue weighted by Crippen LogP contribution is 1.90. The lowest BCUT2D eigenvalue weighted by Gasteiger charge is -2.12. The van der Waals surface area contributed by atoms with Crippen molar-refractivity contribution < 1.29 is 14.7 Å². The summed E-state index contributed by atoms with van der Waals surface area (Å²) in [5.41, 5.74) is 0. The van der Waals surface area contributed by atoms with Crippen LogP contribution in [0.1, 0.15) is 19.8 Å². The lowest BCUT2D eigenvalue weighted by molar-refractivity contribution is -0.145. The number of aliphatic hydroxyl groups is 1. The van der Waals surface area contributed by atoms with Gasteiger partial charge in [0.15, 0.2) is 0 Å². The number of hydrogen-bond acceptors (Lipinski definition) is 4. The van der Waals surface area contributed by atoms with Crippen molar-refractivity contribution >= 4 is 11.8 Å². The van der Waals surface area contributed by atoms with Crippen molar-refractivity contribution in [3.8, 4) is 0 Å². The molecular formula is C6H12N2O3. The number of imide groups is 1. The third-order valence-corrected chi connectivity index (χ3v) is 1.17. The van der Waals surface area contributed by atoms with E-state index in [4.69, 9.17) is 10.9 Å². The Morgan fingerprint density at radius 2 is 2.00 bits per heavy atom. The summed E-state index contributed by atoms with van der Waals surface area (Å²) in [7, 11) is 0. The van der Waals surface area contributed by atoms with Gasteiger partial charge >= 0.3 is 0 Å². The molecule has 2 amide bonds. The molecule has 0 aliphatic rings. The molecule has 5 nitrogen and oxygen atoms in total. The van der Waals surface area contributed by atoms with Crippen LogP contribution in [0.5, 0.6) is 0 Å². The Morgan fingerprint density at radius 1 is 1.45 bits per heavy atom. The van der Waals surface area contributed by atoms with Gasteiger partial charge in [-0.1, -0.05) is 6.92 Å². The minimum Gasteiger partial charge on any atom is -0.396 e. The molecule has 0 aromatic heterocycles. The molecule has 0 aliphatic carbocycles. The summed E-state index contributed by atoms with van der Waals surface area (Å²) < 4.78 is 0. The van der Waals surface area contributed by atoms with Gasteiger partial charge in [0, 0.05) is 6.42 Å². The third-order valence-electron chi connectivity index (χ3n) is 1.17. The van der Waals surface area contributed by atoms with Gasteiger partial charge in [-0.25, -0.2) is 10.9 Å². The number of rotatable bonds is 3. The van der Waals surface area contributed by atoms with Crippen molar-refractivity contribution in [3.63, 3.8) is 0 Å². The van der Waals surface area contributed by atoms with Gasteiger partial charge in [0.05, 0.1) is 13.0 Å². The Morgan fingerprint density at radius 3 is 2.36 bits per heavy atom. The van der Waals surface area contributed by atoms with Crippen molar-refractivity contribution in [2.45, 2.75) is 19.8 Å². The van der Waals surface area contributed by atoms with E-state index in [1.54, 1.807) is 6.92 Å². The summed E-state index contributed by atoms with van der Waals surface area (Å²) in [5.74, 6) is 4.08. The van der Waals surface area contributed by atoms with Crippen LogP contribution in [0.2, 0.25) is 0 Å². The fraction of sp³-hybridized carbons (Fsp3) is 0.667. The predicted octanol–water partition coefficient (Wildman–Crippen LogP) is -0.992. The summed E-state index contributed by atoms with van der Waals surface area (Å²) in [6, 6.07) is 0. The average Bonchev–Trinajstić information content (AvgIpc) is 2.02. The summed E-state index contributed by atoms with van der Waals surface area (Å²) in [6.07, 6.45) is 0.0793. The predicted molar refractivity (Wildman–Crippen MR) is 38.0 cm³/mol. The van der Waals surface area contributed by atoms with Crippen molar-refractivity contribution in [2.75, 3.05) is 6.61 Å². The summed E-state index contributed by atoms with van der Waals surface area (Å²) in [5, 5.41) is 8.86. The Kier molecular flexibility index (Phi) is 4.40. The first kappa shape index (κ1) is 10.1. The zero-order valence-electron chi connectivity index (χ0n) is 6.41. The molecule has 0 bridgehead atoms. The maximum absolute atomic E-state index is 10.8. The number of carbonyl (C=O) groups excluding carboxylic acids is 2. The molecule has 0 saturated carbocycles. The Hall–Kier alpha value is -0.940. The minimum absolute atomic E-state index is 0.109. The lowest BCUT2D eigenvalue weighted by Crippen LogP contribution is -2.42. The second-order valence-corrected chi connectivity index (χ2v) is 1.98. The number of carbonyl (C=O) groups is 2. The first-order valence-electron chi connectivity index (χ1n) is 3.34. The van der Waals surface area contributed by atoms with Gasteiger partial charge < -0.3 is 5.11 Å². The van der Waals surface area contributed by atoms with Gasteiger partial charge in [0.25, 0.3) is 0 Å². The molecule has 64 valence electrons. The number of hydrogen-bond donors (Lipinski definition) is 2. The molecule has 0 heterocycles. The highest BCUT2D eigenvalue weighted by Gasteiger charge is 2.14. The van der Waals surface area contributed by atoms with Crippen LogP contribution in [0.4, 0.5) is 0 Å². The van der Waals surface area contributed by atoms with Crippen LogP contribution < -0.4 is 5.84 Å². The second-order valence-electron chi connectivity index (χ2n) is 1.98. The molecule has 0 atom stereocenters. The van der Waals surface area contributed by atoms with Crippen molar-refractivity contribution in [1.82, 2.24) is 5.01 Å². The summed E-state index contributed by atoms with van der Waals surface area (Å²) >= 11 is 0.